The lowest BCUT2D eigenvalue weighted by Gasteiger charge is -2.20. The molecule has 0 bridgehead atoms. The van der Waals surface area contributed by atoms with Crippen LogP contribution in [0.3, 0.4) is 0 Å². The number of fused-ring (bicyclic) bond motifs is 1. The molecular formula is C28H32N4O3. The van der Waals surface area contributed by atoms with E-state index in [0.29, 0.717) is 31.2 Å². The number of pyridine rings is 1. The van der Waals surface area contributed by atoms with E-state index in [9.17, 15) is 4.79 Å². The van der Waals surface area contributed by atoms with E-state index in [1.165, 1.54) is 0 Å². The largest absolute Gasteiger partial charge is 0.467 e. The van der Waals surface area contributed by atoms with Crippen molar-refractivity contribution in [3.05, 3.63) is 82.6 Å². The molecule has 1 aliphatic rings. The first-order valence-corrected chi connectivity index (χ1v) is 12.2. The van der Waals surface area contributed by atoms with Gasteiger partial charge in [-0.15, -0.1) is 0 Å². The minimum atomic E-state index is -0.227. The van der Waals surface area contributed by atoms with Crippen molar-refractivity contribution in [1.82, 2.24) is 20.1 Å². The van der Waals surface area contributed by atoms with Gasteiger partial charge in [0.05, 0.1) is 35.1 Å². The minimum Gasteiger partial charge on any atom is -0.467 e. The van der Waals surface area contributed by atoms with Crippen LogP contribution in [0.5, 0.6) is 0 Å². The molecule has 35 heavy (non-hydrogen) atoms. The molecular weight excluding hydrogens is 440 g/mol. The molecule has 3 heterocycles. The van der Waals surface area contributed by atoms with Crippen LogP contribution in [0.1, 0.15) is 78.2 Å². The Kier molecular flexibility index (Phi) is 6.19. The van der Waals surface area contributed by atoms with Crippen LogP contribution in [0, 0.1) is 6.92 Å². The summed E-state index contributed by atoms with van der Waals surface area (Å²) in [4.78, 5) is 18.4. The number of carbonyl (C=O) groups excluding carboxylic acids is 1. The number of nitrogens with zero attached hydrogens (tertiary/aromatic N) is 3. The Morgan fingerprint density at radius 3 is 2.66 bits per heavy atom. The van der Waals surface area contributed by atoms with Gasteiger partial charge < -0.3 is 14.5 Å². The Morgan fingerprint density at radius 2 is 1.94 bits per heavy atom. The molecule has 7 heteroatoms. The first-order valence-electron chi connectivity index (χ1n) is 12.2. The number of rotatable bonds is 8. The summed E-state index contributed by atoms with van der Waals surface area (Å²) in [6.45, 7) is 9.60. The summed E-state index contributed by atoms with van der Waals surface area (Å²) in [7, 11) is 0. The van der Waals surface area contributed by atoms with Crippen LogP contribution in [0.15, 0.2) is 53.1 Å². The Labute approximate surface area is 205 Å². The number of furan rings is 1. The molecule has 1 fully saturated rings. The highest BCUT2D eigenvalue weighted by molar-refractivity contribution is 6.06. The standard InChI is InChI=1S/C28H32N4O3/c1-18-25-23(14-24(21-10-11-21)30-26(25)32(31-18)28(2,3)4)27(33)29-15-19-7-5-8-20(13-19)16-34-17-22-9-6-12-35-22/h5-9,12-14,21H,10-11,15-17H2,1-4H3,(H,29,33). The second-order valence-corrected chi connectivity index (χ2v) is 10.3. The van der Waals surface area contributed by atoms with Gasteiger partial charge in [0.15, 0.2) is 5.65 Å². The van der Waals surface area contributed by atoms with Crippen molar-refractivity contribution in [3.63, 3.8) is 0 Å². The topological polar surface area (TPSA) is 82.2 Å². The van der Waals surface area contributed by atoms with Crippen LogP contribution in [0.2, 0.25) is 0 Å². The summed E-state index contributed by atoms with van der Waals surface area (Å²) in [5.74, 6) is 1.13. The molecule has 182 valence electrons. The van der Waals surface area contributed by atoms with E-state index in [2.05, 4.69) is 32.2 Å². The number of amides is 1. The minimum absolute atomic E-state index is 0.102. The quantitative estimate of drug-likeness (QED) is 0.360. The lowest BCUT2D eigenvalue weighted by molar-refractivity contribution is 0.0928. The highest BCUT2D eigenvalue weighted by Crippen LogP contribution is 2.41. The molecule has 1 aliphatic carbocycles. The molecule has 3 aromatic heterocycles. The zero-order valence-corrected chi connectivity index (χ0v) is 20.8. The van der Waals surface area contributed by atoms with Gasteiger partial charge in [0, 0.05) is 18.2 Å². The second-order valence-electron chi connectivity index (χ2n) is 10.3. The Hall–Kier alpha value is -3.45. The van der Waals surface area contributed by atoms with Crippen LogP contribution >= 0.6 is 0 Å². The lowest BCUT2D eigenvalue weighted by Crippen LogP contribution is -2.25. The predicted molar refractivity (Wildman–Crippen MR) is 134 cm³/mol. The number of ether oxygens (including phenoxy) is 1. The van der Waals surface area contributed by atoms with Gasteiger partial charge in [-0.05, 0) is 69.9 Å². The van der Waals surface area contributed by atoms with E-state index in [4.69, 9.17) is 19.2 Å². The van der Waals surface area contributed by atoms with Gasteiger partial charge in [0.1, 0.15) is 12.4 Å². The number of benzene rings is 1. The maximum Gasteiger partial charge on any atom is 0.252 e. The van der Waals surface area contributed by atoms with Crippen molar-refractivity contribution in [2.75, 3.05) is 0 Å². The number of nitrogens with one attached hydrogen (secondary N) is 1. The summed E-state index contributed by atoms with van der Waals surface area (Å²) in [6, 6.07) is 13.8. The number of aryl methyl sites for hydroxylation is 1. The second kappa shape index (κ2) is 9.30. The van der Waals surface area contributed by atoms with Gasteiger partial charge in [-0.1, -0.05) is 24.3 Å². The predicted octanol–water partition coefficient (Wildman–Crippen LogP) is 5.61. The fraction of sp³-hybridized carbons (Fsp3) is 0.393. The summed E-state index contributed by atoms with van der Waals surface area (Å²) in [5.41, 5.74) is 5.10. The van der Waals surface area contributed by atoms with E-state index >= 15 is 0 Å². The maximum absolute atomic E-state index is 13.4. The fourth-order valence-corrected chi connectivity index (χ4v) is 4.31. The number of carbonyl (C=O) groups is 1. The molecule has 5 rings (SSSR count). The summed E-state index contributed by atoms with van der Waals surface area (Å²) >= 11 is 0. The maximum atomic E-state index is 13.4. The van der Waals surface area contributed by atoms with Crippen LogP contribution in [-0.2, 0) is 30.0 Å². The number of hydrogen-bond acceptors (Lipinski definition) is 5. The van der Waals surface area contributed by atoms with Gasteiger partial charge in [-0.2, -0.15) is 5.10 Å². The zero-order valence-electron chi connectivity index (χ0n) is 20.8. The summed E-state index contributed by atoms with van der Waals surface area (Å²) in [6.07, 6.45) is 3.88. The third-order valence-corrected chi connectivity index (χ3v) is 6.25. The summed E-state index contributed by atoms with van der Waals surface area (Å²) < 4.78 is 13.0. The molecule has 1 amide bonds. The molecule has 1 aromatic carbocycles. The number of hydrogen-bond donors (Lipinski definition) is 1. The van der Waals surface area contributed by atoms with Gasteiger partial charge in [0.2, 0.25) is 0 Å². The van der Waals surface area contributed by atoms with Crippen molar-refractivity contribution in [2.24, 2.45) is 0 Å². The van der Waals surface area contributed by atoms with Gasteiger partial charge >= 0.3 is 0 Å². The van der Waals surface area contributed by atoms with Crippen molar-refractivity contribution < 1.29 is 13.9 Å². The first-order chi connectivity index (χ1) is 16.8. The molecule has 0 atom stereocenters. The molecule has 1 N–H and O–H groups in total. The molecule has 1 saturated carbocycles. The molecule has 0 radical (unpaired) electrons. The molecule has 0 aliphatic heterocycles. The fourth-order valence-electron chi connectivity index (χ4n) is 4.31. The van der Waals surface area contributed by atoms with Crippen LogP contribution < -0.4 is 5.32 Å². The first kappa shape index (κ1) is 23.3. The third-order valence-electron chi connectivity index (χ3n) is 6.25. The van der Waals surface area contributed by atoms with Crippen LogP contribution in [0.4, 0.5) is 0 Å². The van der Waals surface area contributed by atoms with E-state index < -0.39 is 0 Å². The van der Waals surface area contributed by atoms with Gasteiger partial charge in [-0.3, -0.25) is 4.79 Å². The average molecular weight is 473 g/mol. The molecule has 7 nitrogen and oxygen atoms in total. The molecule has 0 unspecified atom stereocenters. The third kappa shape index (κ3) is 5.15. The average Bonchev–Trinajstić information content (AvgIpc) is 3.44. The van der Waals surface area contributed by atoms with Crippen molar-refractivity contribution >= 4 is 16.9 Å². The van der Waals surface area contributed by atoms with Crippen LogP contribution in [-0.4, -0.2) is 20.7 Å². The van der Waals surface area contributed by atoms with E-state index in [0.717, 1.165) is 52.2 Å². The highest BCUT2D eigenvalue weighted by Gasteiger charge is 2.30. The van der Waals surface area contributed by atoms with Crippen LogP contribution in [0.25, 0.3) is 11.0 Å². The summed E-state index contributed by atoms with van der Waals surface area (Å²) in [5, 5.41) is 8.71. The monoisotopic (exact) mass is 472 g/mol. The smallest absolute Gasteiger partial charge is 0.252 e. The van der Waals surface area contributed by atoms with Crippen molar-refractivity contribution in [2.45, 2.75) is 71.8 Å². The van der Waals surface area contributed by atoms with Crippen molar-refractivity contribution in [3.8, 4) is 0 Å². The Balaban J connectivity index is 1.33. The van der Waals surface area contributed by atoms with Crippen molar-refractivity contribution in [1.29, 1.82) is 0 Å². The van der Waals surface area contributed by atoms with E-state index in [1.54, 1.807) is 6.26 Å². The molecule has 0 spiro atoms. The van der Waals surface area contributed by atoms with E-state index in [-0.39, 0.29) is 11.4 Å². The van der Waals surface area contributed by atoms with E-state index in [1.807, 2.05) is 48.0 Å². The normalized spacial score (nSPS) is 13.9. The number of aromatic nitrogens is 3. The lowest BCUT2D eigenvalue weighted by atomic mass is 10.1. The van der Waals surface area contributed by atoms with Gasteiger partial charge in [-0.25, -0.2) is 9.67 Å². The van der Waals surface area contributed by atoms with Gasteiger partial charge in [0.25, 0.3) is 5.91 Å². The SMILES string of the molecule is Cc1nn(C(C)(C)C)c2nc(C3CC3)cc(C(=O)NCc3cccc(COCc4ccco4)c3)c12. The molecule has 4 aromatic rings. The Bertz CT molecular complexity index is 1340. The zero-order chi connectivity index (χ0) is 24.6. The molecule has 0 saturated heterocycles. The highest BCUT2D eigenvalue weighted by atomic mass is 16.5. The Morgan fingerprint density at radius 1 is 1.14 bits per heavy atom.